The van der Waals surface area contributed by atoms with Crippen molar-refractivity contribution >= 4 is 11.8 Å². The Bertz CT molecular complexity index is 659. The molecule has 0 radical (unpaired) electrons. The quantitative estimate of drug-likeness (QED) is 0.882. The number of nitrogen functional groups attached to an aromatic ring is 1. The maximum Gasteiger partial charge on any atom is 0.328 e. The average molecular weight is 291 g/mol. The SMILES string of the molecule is CC(C)(C)OC(=O)Cn1nc(-c2ccccc2F)cc1N. The van der Waals surface area contributed by atoms with E-state index in [9.17, 15) is 9.18 Å². The molecule has 2 N–H and O–H groups in total. The highest BCUT2D eigenvalue weighted by Gasteiger charge is 2.18. The Morgan fingerprint density at radius 3 is 2.67 bits per heavy atom. The van der Waals surface area contributed by atoms with E-state index in [1.54, 1.807) is 39.0 Å². The number of nitrogens with zero attached hydrogens (tertiary/aromatic N) is 2. The van der Waals surface area contributed by atoms with Crippen molar-refractivity contribution in [2.45, 2.75) is 32.9 Å². The molecule has 0 spiro atoms. The zero-order valence-electron chi connectivity index (χ0n) is 12.3. The highest BCUT2D eigenvalue weighted by Crippen LogP contribution is 2.23. The molecular formula is C15H18FN3O2. The molecule has 1 aromatic carbocycles. The molecule has 0 atom stereocenters. The molecule has 5 nitrogen and oxygen atoms in total. The zero-order chi connectivity index (χ0) is 15.6. The number of carbonyl (C=O) groups excluding carboxylic acids is 1. The molecule has 1 heterocycles. The van der Waals surface area contributed by atoms with E-state index in [2.05, 4.69) is 5.10 Å². The molecule has 112 valence electrons. The zero-order valence-corrected chi connectivity index (χ0v) is 12.3. The molecule has 0 aliphatic carbocycles. The molecule has 2 rings (SSSR count). The van der Waals surface area contributed by atoms with Gasteiger partial charge < -0.3 is 10.5 Å². The first-order valence-corrected chi connectivity index (χ1v) is 6.56. The van der Waals surface area contributed by atoms with Crippen LogP contribution in [-0.2, 0) is 16.1 Å². The van der Waals surface area contributed by atoms with E-state index < -0.39 is 11.6 Å². The van der Waals surface area contributed by atoms with Crippen molar-refractivity contribution in [3.8, 4) is 11.3 Å². The lowest BCUT2D eigenvalue weighted by molar-refractivity contribution is -0.155. The second-order valence-corrected chi connectivity index (χ2v) is 5.68. The molecule has 0 amide bonds. The topological polar surface area (TPSA) is 70.1 Å². The number of carbonyl (C=O) groups is 1. The molecule has 0 bridgehead atoms. The Labute approximate surface area is 122 Å². The van der Waals surface area contributed by atoms with Crippen LogP contribution in [0.4, 0.5) is 10.2 Å². The van der Waals surface area contributed by atoms with Gasteiger partial charge in [0.05, 0.1) is 5.69 Å². The Balaban J connectivity index is 2.21. The van der Waals surface area contributed by atoms with E-state index in [-0.39, 0.29) is 18.2 Å². The number of ether oxygens (including phenoxy) is 1. The average Bonchev–Trinajstić information content (AvgIpc) is 2.68. The summed E-state index contributed by atoms with van der Waals surface area (Å²) < 4.78 is 20.2. The molecule has 0 fully saturated rings. The van der Waals surface area contributed by atoms with Gasteiger partial charge in [0, 0.05) is 11.6 Å². The maximum atomic E-state index is 13.7. The molecular weight excluding hydrogens is 273 g/mol. The summed E-state index contributed by atoms with van der Waals surface area (Å²) in [6.45, 7) is 5.23. The number of halogens is 1. The van der Waals surface area contributed by atoms with Crippen LogP contribution in [0, 0.1) is 5.82 Å². The number of hydrogen-bond acceptors (Lipinski definition) is 4. The molecule has 6 heteroatoms. The molecule has 1 aromatic heterocycles. The predicted octanol–water partition coefficient (Wildman–Crippen LogP) is 2.61. The third-order valence-corrected chi connectivity index (χ3v) is 2.66. The molecule has 0 saturated heterocycles. The van der Waals surface area contributed by atoms with Crippen molar-refractivity contribution in [1.29, 1.82) is 0 Å². The fourth-order valence-electron chi connectivity index (χ4n) is 1.85. The highest BCUT2D eigenvalue weighted by molar-refractivity contribution is 5.71. The number of hydrogen-bond donors (Lipinski definition) is 1. The van der Waals surface area contributed by atoms with Crippen molar-refractivity contribution in [3.05, 3.63) is 36.1 Å². The first-order chi connectivity index (χ1) is 9.76. The number of nitrogens with two attached hydrogens (primary N) is 1. The Morgan fingerprint density at radius 1 is 1.38 bits per heavy atom. The van der Waals surface area contributed by atoms with Gasteiger partial charge in [0.15, 0.2) is 0 Å². The smallest absolute Gasteiger partial charge is 0.328 e. The van der Waals surface area contributed by atoms with Gasteiger partial charge in [0.2, 0.25) is 0 Å². The summed E-state index contributed by atoms with van der Waals surface area (Å²) in [5.74, 6) is -0.559. The maximum absolute atomic E-state index is 13.7. The van der Waals surface area contributed by atoms with Crippen molar-refractivity contribution in [1.82, 2.24) is 9.78 Å². The van der Waals surface area contributed by atoms with Crippen LogP contribution in [0.1, 0.15) is 20.8 Å². The number of esters is 1. The molecule has 2 aromatic rings. The molecule has 21 heavy (non-hydrogen) atoms. The van der Waals surface area contributed by atoms with Crippen LogP contribution in [-0.4, -0.2) is 21.4 Å². The number of aromatic nitrogens is 2. The lowest BCUT2D eigenvalue weighted by atomic mass is 10.1. The molecule has 0 aliphatic rings. The van der Waals surface area contributed by atoms with Crippen molar-refractivity contribution in [2.75, 3.05) is 5.73 Å². The van der Waals surface area contributed by atoms with Gasteiger partial charge >= 0.3 is 5.97 Å². The van der Waals surface area contributed by atoms with Gasteiger partial charge in [-0.05, 0) is 32.9 Å². The van der Waals surface area contributed by atoms with Crippen LogP contribution in [0.2, 0.25) is 0 Å². The molecule has 0 saturated carbocycles. The van der Waals surface area contributed by atoms with Crippen LogP contribution >= 0.6 is 0 Å². The van der Waals surface area contributed by atoms with Crippen molar-refractivity contribution in [3.63, 3.8) is 0 Å². The minimum Gasteiger partial charge on any atom is -0.459 e. The van der Waals surface area contributed by atoms with E-state index in [0.717, 1.165) is 0 Å². The third-order valence-electron chi connectivity index (χ3n) is 2.66. The van der Waals surface area contributed by atoms with Gasteiger partial charge in [0.25, 0.3) is 0 Å². The third kappa shape index (κ3) is 3.81. The van der Waals surface area contributed by atoms with Crippen LogP contribution in [0.25, 0.3) is 11.3 Å². The van der Waals surface area contributed by atoms with Gasteiger partial charge in [-0.2, -0.15) is 5.10 Å². The standard InChI is InChI=1S/C15H18FN3O2/c1-15(2,3)21-14(20)9-19-13(17)8-12(18-19)10-6-4-5-7-11(10)16/h4-8H,9,17H2,1-3H3. The fraction of sp³-hybridized carbons (Fsp3) is 0.333. The second kappa shape index (κ2) is 5.55. The Hall–Kier alpha value is -2.37. The largest absolute Gasteiger partial charge is 0.459 e. The van der Waals surface area contributed by atoms with Crippen LogP contribution in [0.3, 0.4) is 0 Å². The Morgan fingerprint density at radius 2 is 2.05 bits per heavy atom. The summed E-state index contributed by atoms with van der Waals surface area (Å²) in [4.78, 5) is 11.8. The minimum absolute atomic E-state index is 0.114. The van der Waals surface area contributed by atoms with E-state index >= 15 is 0 Å². The van der Waals surface area contributed by atoms with Gasteiger partial charge in [0.1, 0.15) is 23.8 Å². The summed E-state index contributed by atoms with van der Waals surface area (Å²) in [6, 6.07) is 7.79. The summed E-state index contributed by atoms with van der Waals surface area (Å²) >= 11 is 0. The van der Waals surface area contributed by atoms with E-state index in [1.807, 2.05) is 0 Å². The predicted molar refractivity (Wildman–Crippen MR) is 77.9 cm³/mol. The number of benzene rings is 1. The summed E-state index contributed by atoms with van der Waals surface area (Å²) in [5.41, 5.74) is 5.96. The summed E-state index contributed by atoms with van der Waals surface area (Å²) in [5, 5.41) is 4.16. The van der Waals surface area contributed by atoms with E-state index in [1.165, 1.54) is 16.8 Å². The van der Waals surface area contributed by atoms with Gasteiger partial charge in [-0.25, -0.2) is 9.07 Å². The Kier molecular flexibility index (Phi) is 3.97. The summed E-state index contributed by atoms with van der Waals surface area (Å²) in [7, 11) is 0. The first-order valence-electron chi connectivity index (χ1n) is 6.56. The van der Waals surface area contributed by atoms with Gasteiger partial charge in [-0.3, -0.25) is 4.79 Å². The normalized spacial score (nSPS) is 11.4. The van der Waals surface area contributed by atoms with Crippen LogP contribution in [0.5, 0.6) is 0 Å². The lowest BCUT2D eigenvalue weighted by Crippen LogP contribution is -2.27. The number of anilines is 1. The molecule has 0 aliphatic heterocycles. The van der Waals surface area contributed by atoms with Crippen molar-refractivity contribution in [2.24, 2.45) is 0 Å². The second-order valence-electron chi connectivity index (χ2n) is 5.68. The summed E-state index contributed by atoms with van der Waals surface area (Å²) in [6.07, 6.45) is 0. The van der Waals surface area contributed by atoms with Crippen molar-refractivity contribution < 1.29 is 13.9 Å². The van der Waals surface area contributed by atoms with Gasteiger partial charge in [-0.15, -0.1) is 0 Å². The first kappa shape index (κ1) is 15.0. The van der Waals surface area contributed by atoms with E-state index in [0.29, 0.717) is 11.3 Å². The highest BCUT2D eigenvalue weighted by atomic mass is 19.1. The monoisotopic (exact) mass is 291 g/mol. The number of rotatable bonds is 3. The lowest BCUT2D eigenvalue weighted by Gasteiger charge is -2.19. The van der Waals surface area contributed by atoms with Gasteiger partial charge in [-0.1, -0.05) is 12.1 Å². The van der Waals surface area contributed by atoms with Crippen LogP contribution in [0.15, 0.2) is 30.3 Å². The van der Waals surface area contributed by atoms with E-state index in [4.69, 9.17) is 10.5 Å². The fourth-order valence-corrected chi connectivity index (χ4v) is 1.85. The molecule has 0 unspecified atom stereocenters. The minimum atomic E-state index is -0.576. The van der Waals surface area contributed by atoms with Crippen LogP contribution < -0.4 is 5.73 Å².